The molecule has 4 heterocycles. The molecule has 6 rings (SSSR count). The first-order valence-corrected chi connectivity index (χ1v) is 20.5. The molecule has 0 bridgehead atoms. The van der Waals surface area contributed by atoms with Crippen LogP contribution in [0.2, 0.25) is 10.0 Å². The fourth-order valence-electron chi connectivity index (χ4n) is 5.53. The highest BCUT2D eigenvalue weighted by Crippen LogP contribution is 2.34. The van der Waals surface area contributed by atoms with Crippen molar-refractivity contribution in [3.8, 4) is 11.1 Å². The molecule has 4 N–H and O–H groups in total. The SMILES string of the molecule is O=C(NCCc1ncc(-c2ccc(C(F)(F)F)nc2)cc1Cl)c1ccccc1C(F)(F)F.O=C(NCCc1ncc(Br)cc1Cl)c1ccccc1C(F)(F)F.OB(O)c1ccc(C(F)(F)F)nc1. The fraction of sp³-hybridized carbons (Fsp3) is 0.190. The third kappa shape index (κ3) is 16.2. The Morgan fingerprint density at radius 2 is 0.971 bits per heavy atom. The minimum Gasteiger partial charge on any atom is -0.423 e. The van der Waals surface area contributed by atoms with Crippen molar-refractivity contribution in [3.05, 3.63) is 169 Å². The van der Waals surface area contributed by atoms with Crippen LogP contribution in [0.1, 0.15) is 54.6 Å². The Morgan fingerprint density at radius 1 is 0.544 bits per heavy atom. The van der Waals surface area contributed by atoms with Crippen LogP contribution < -0.4 is 16.1 Å². The summed E-state index contributed by atoms with van der Waals surface area (Å²) in [6.45, 7) is 0.0955. The van der Waals surface area contributed by atoms with Gasteiger partial charge in [-0.1, -0.05) is 59.6 Å². The molecule has 0 aliphatic heterocycles. The van der Waals surface area contributed by atoms with E-state index in [1.54, 1.807) is 12.3 Å². The van der Waals surface area contributed by atoms with E-state index in [2.05, 4.69) is 46.5 Å². The maximum Gasteiger partial charge on any atom is 0.490 e. The molecule has 0 saturated heterocycles. The molecule has 0 aliphatic rings. The highest BCUT2D eigenvalue weighted by atomic mass is 79.9. The molecular formula is C42H30BBrCl2F12N6O4. The second-order valence-corrected chi connectivity index (χ2v) is 15.3. The second kappa shape index (κ2) is 23.5. The molecular weight excluding hydrogens is 1040 g/mol. The van der Waals surface area contributed by atoms with Crippen LogP contribution in [0.25, 0.3) is 11.1 Å². The summed E-state index contributed by atoms with van der Waals surface area (Å²) in [6, 6.07) is 15.9. The Balaban J connectivity index is 0.000000243. The van der Waals surface area contributed by atoms with Gasteiger partial charge in [0.2, 0.25) is 0 Å². The number of rotatable bonds is 10. The molecule has 0 unspecified atom stereocenters. The van der Waals surface area contributed by atoms with E-state index in [1.165, 1.54) is 42.6 Å². The summed E-state index contributed by atoms with van der Waals surface area (Å²) in [6.07, 6.45) is -13.1. The Kier molecular flexibility index (Phi) is 18.9. The average molecular weight is 1070 g/mol. The highest BCUT2D eigenvalue weighted by molar-refractivity contribution is 9.10. The van der Waals surface area contributed by atoms with Crippen LogP contribution in [0.3, 0.4) is 0 Å². The molecule has 2 amide bonds. The number of benzene rings is 2. The van der Waals surface area contributed by atoms with Crippen molar-refractivity contribution < 1.29 is 72.3 Å². The number of hydrogen-bond donors (Lipinski definition) is 4. The average Bonchev–Trinajstić information content (AvgIpc) is 3.27. The van der Waals surface area contributed by atoms with Crippen molar-refractivity contribution >= 4 is 63.5 Å². The lowest BCUT2D eigenvalue weighted by molar-refractivity contribution is -0.141. The Morgan fingerprint density at radius 3 is 1.35 bits per heavy atom. The van der Waals surface area contributed by atoms with Crippen molar-refractivity contribution in [2.45, 2.75) is 37.5 Å². The Bertz CT molecular complexity index is 2660. The van der Waals surface area contributed by atoms with E-state index in [0.717, 1.165) is 53.3 Å². The van der Waals surface area contributed by atoms with Crippen LogP contribution in [0.15, 0.2) is 114 Å². The lowest BCUT2D eigenvalue weighted by atomic mass is 9.82. The zero-order chi connectivity index (χ0) is 50.6. The number of carbonyl (C=O) groups excluding carboxylic acids is 2. The van der Waals surface area contributed by atoms with Gasteiger partial charge in [0, 0.05) is 71.8 Å². The van der Waals surface area contributed by atoms with E-state index < -0.39 is 77.3 Å². The van der Waals surface area contributed by atoms with E-state index in [4.69, 9.17) is 33.2 Å². The highest BCUT2D eigenvalue weighted by Gasteiger charge is 2.36. The summed E-state index contributed by atoms with van der Waals surface area (Å²) in [5.74, 6) is -1.67. The van der Waals surface area contributed by atoms with E-state index in [9.17, 15) is 62.3 Å². The summed E-state index contributed by atoms with van der Waals surface area (Å²) in [5.41, 5.74) is -3.35. The standard InChI is InChI=1S/C21H14ClF6N3O.C15H11BrClF3N2O.C6H5BF3NO2/c22-16-9-13(12-5-6-18(31-10-12)21(26,27)28)11-30-17(16)7-8-29-19(32)14-3-1-2-4-15(14)20(23,24)25;16-9-7-12(17)13(22-8-9)5-6-21-14(23)10-3-1-2-4-11(10)15(18,19)20;8-6(9,10)5-2-1-4(3-11-5)7(12)13/h1-6,9-11H,7-8H2,(H,29,32);1-4,7-8H,5-6H2,(H,21,23);1-3,12-13H. The number of alkyl halides is 12. The van der Waals surface area contributed by atoms with Crippen molar-refractivity contribution in [3.63, 3.8) is 0 Å². The minimum absolute atomic E-state index is 0.0288. The molecule has 0 saturated carbocycles. The number of pyridine rings is 4. The van der Waals surface area contributed by atoms with Gasteiger partial charge in [-0.05, 0) is 64.5 Å². The van der Waals surface area contributed by atoms with Crippen LogP contribution >= 0.6 is 39.1 Å². The molecule has 4 aromatic heterocycles. The van der Waals surface area contributed by atoms with Crippen LogP contribution in [0.5, 0.6) is 0 Å². The molecule has 0 aliphatic carbocycles. The summed E-state index contributed by atoms with van der Waals surface area (Å²) >= 11 is 15.4. The van der Waals surface area contributed by atoms with E-state index in [1.807, 2.05) is 0 Å². The van der Waals surface area contributed by atoms with Crippen molar-refractivity contribution in [1.82, 2.24) is 30.6 Å². The smallest absolute Gasteiger partial charge is 0.423 e. The van der Waals surface area contributed by atoms with Crippen LogP contribution in [-0.4, -0.2) is 62.0 Å². The largest absolute Gasteiger partial charge is 0.490 e. The van der Waals surface area contributed by atoms with Gasteiger partial charge in [0.1, 0.15) is 11.4 Å². The maximum absolute atomic E-state index is 13.0. The molecule has 2 aromatic carbocycles. The quantitative estimate of drug-likeness (QED) is 0.0783. The molecule has 0 fully saturated rings. The van der Waals surface area contributed by atoms with E-state index in [-0.39, 0.29) is 30.0 Å². The topological polar surface area (TPSA) is 150 Å². The van der Waals surface area contributed by atoms with Crippen LogP contribution in [0.4, 0.5) is 52.7 Å². The number of hydrogen-bond acceptors (Lipinski definition) is 8. The van der Waals surface area contributed by atoms with Crippen molar-refractivity contribution in [2.24, 2.45) is 0 Å². The Labute approximate surface area is 396 Å². The van der Waals surface area contributed by atoms with E-state index >= 15 is 0 Å². The zero-order valence-corrected chi connectivity index (χ0v) is 37.1. The first-order chi connectivity index (χ1) is 31.7. The second-order valence-electron chi connectivity index (χ2n) is 13.6. The maximum atomic E-state index is 13.0. The first kappa shape index (κ1) is 54.8. The molecule has 0 atom stereocenters. The van der Waals surface area contributed by atoms with Crippen molar-refractivity contribution in [1.29, 1.82) is 0 Å². The number of nitrogens with one attached hydrogen (secondary N) is 2. The zero-order valence-electron chi connectivity index (χ0n) is 34.0. The van der Waals surface area contributed by atoms with Gasteiger partial charge in [-0.25, -0.2) is 0 Å². The first-order valence-electron chi connectivity index (χ1n) is 18.9. The van der Waals surface area contributed by atoms with Gasteiger partial charge in [-0.2, -0.15) is 52.7 Å². The predicted octanol–water partition coefficient (Wildman–Crippen LogP) is 10.1. The van der Waals surface area contributed by atoms with Gasteiger partial charge in [-0.3, -0.25) is 29.5 Å². The number of carbonyl (C=O) groups is 2. The third-order valence-electron chi connectivity index (χ3n) is 8.81. The third-order valence-corrected chi connectivity index (χ3v) is 9.90. The number of nitrogens with zero attached hydrogens (tertiary/aromatic N) is 4. The molecule has 68 heavy (non-hydrogen) atoms. The molecule has 26 heteroatoms. The van der Waals surface area contributed by atoms with Gasteiger partial charge in [0.25, 0.3) is 11.8 Å². The summed E-state index contributed by atoms with van der Waals surface area (Å²) in [5, 5.41) is 22.6. The lowest BCUT2D eigenvalue weighted by Gasteiger charge is -2.13. The van der Waals surface area contributed by atoms with Crippen LogP contribution in [-0.2, 0) is 37.5 Å². The number of amides is 2. The number of halogens is 15. The lowest BCUT2D eigenvalue weighted by Crippen LogP contribution is -2.30. The monoisotopic (exact) mass is 1070 g/mol. The summed E-state index contributed by atoms with van der Waals surface area (Å²) in [7, 11) is -1.80. The Hall–Kier alpha value is -5.82. The normalized spacial score (nSPS) is 11.7. The molecule has 0 radical (unpaired) electrons. The molecule has 0 spiro atoms. The van der Waals surface area contributed by atoms with Gasteiger partial charge in [0.15, 0.2) is 0 Å². The molecule has 6 aromatic rings. The number of aromatic nitrogens is 4. The van der Waals surface area contributed by atoms with Gasteiger partial charge < -0.3 is 20.7 Å². The van der Waals surface area contributed by atoms with Gasteiger partial charge in [0.05, 0.1) is 43.7 Å². The predicted molar refractivity (Wildman–Crippen MR) is 228 cm³/mol. The minimum atomic E-state index is -4.66. The van der Waals surface area contributed by atoms with Crippen molar-refractivity contribution in [2.75, 3.05) is 13.1 Å². The van der Waals surface area contributed by atoms with Gasteiger partial charge in [-0.15, -0.1) is 0 Å². The molecule has 360 valence electrons. The summed E-state index contributed by atoms with van der Waals surface area (Å²) in [4.78, 5) is 38.8. The summed E-state index contributed by atoms with van der Waals surface area (Å²) < 4.78 is 152. The van der Waals surface area contributed by atoms with Gasteiger partial charge >= 0.3 is 31.8 Å². The van der Waals surface area contributed by atoms with E-state index in [0.29, 0.717) is 40.0 Å². The molecule has 10 nitrogen and oxygen atoms in total. The van der Waals surface area contributed by atoms with Crippen LogP contribution in [0, 0.1) is 0 Å². The fourth-order valence-corrected chi connectivity index (χ4v) is 6.51.